The molecule has 1 saturated heterocycles. The van der Waals surface area contributed by atoms with Gasteiger partial charge in [0.2, 0.25) is 23.6 Å². The molecule has 1 fully saturated rings. The molecule has 0 radical (unpaired) electrons. The lowest BCUT2D eigenvalue weighted by Gasteiger charge is -2.32. The lowest BCUT2D eigenvalue weighted by atomic mass is 9.88. The van der Waals surface area contributed by atoms with Crippen LogP contribution in [0.15, 0.2) is 23.4 Å². The molecule has 3 aliphatic rings. The SMILES string of the molecule is CCCC1=CC(CCC(=O)NC(CS(=O)(=O)O)C(=O)NCCCCC(=O)NC(COP(=O)(O)O)C(=O)NCCCCC(=O)ON2C(=O)CCC2=O)=[N+]2C1=Cc1c(CCC)cc(CCC[N+](C)(C)C)n1[B-]2(F)F. The third-order valence-electron chi connectivity index (χ3n) is 11.8. The molecular weight excluding hydrogens is 992 g/mol. The average molecular weight is 1060 g/mol. The molecule has 0 aliphatic carbocycles. The summed E-state index contributed by atoms with van der Waals surface area (Å²) in [5.74, 6) is -6.82. The summed E-state index contributed by atoms with van der Waals surface area (Å²) in [7, 11) is -3.79. The highest BCUT2D eigenvalue weighted by Crippen LogP contribution is 2.40. The fourth-order valence-electron chi connectivity index (χ4n) is 8.47. The number of quaternary nitrogens is 1. The van der Waals surface area contributed by atoms with Crippen molar-refractivity contribution in [2.75, 3.05) is 53.1 Å². The number of halogens is 2. The van der Waals surface area contributed by atoms with Gasteiger partial charge in [-0.05, 0) is 62.3 Å². The van der Waals surface area contributed by atoms with Gasteiger partial charge in [0.05, 0.1) is 34.3 Å². The molecule has 1 aromatic heterocycles. The molecule has 402 valence electrons. The predicted molar refractivity (Wildman–Crippen MR) is 258 cm³/mol. The Balaban J connectivity index is 1.31. The van der Waals surface area contributed by atoms with Crippen LogP contribution in [0, 0.1) is 0 Å². The van der Waals surface area contributed by atoms with E-state index in [1.165, 1.54) is 0 Å². The Bertz CT molecular complexity index is 2450. The van der Waals surface area contributed by atoms with Crippen molar-refractivity contribution < 1.29 is 87.8 Å². The summed E-state index contributed by atoms with van der Waals surface area (Å²) in [6.07, 6.45) is 6.41. The second-order valence-electron chi connectivity index (χ2n) is 19.0. The molecule has 0 bridgehead atoms. The molecule has 6 amide bonds. The van der Waals surface area contributed by atoms with Gasteiger partial charge < -0.3 is 58.0 Å². The number of imide groups is 1. The average Bonchev–Trinajstić information content (AvgIpc) is 3.92. The first kappa shape index (κ1) is 59.4. The summed E-state index contributed by atoms with van der Waals surface area (Å²) in [5, 5.41) is 9.88. The molecule has 0 saturated carbocycles. The zero-order valence-electron chi connectivity index (χ0n) is 41.5. The Labute approximate surface area is 417 Å². The fourth-order valence-corrected chi connectivity index (χ4v) is 9.47. The monoisotopic (exact) mass is 1060 g/mol. The first-order chi connectivity index (χ1) is 33.6. The predicted octanol–water partition coefficient (Wildman–Crippen LogP) is 1.78. The highest BCUT2D eigenvalue weighted by molar-refractivity contribution is 7.85. The minimum atomic E-state index is -5.08. The van der Waals surface area contributed by atoms with Gasteiger partial charge >= 0.3 is 20.8 Å². The van der Waals surface area contributed by atoms with Crippen LogP contribution in [-0.4, -0.2) is 161 Å². The standard InChI is InChI=1S/C44H68BF2N8O15PS/c1-6-13-30-25-32(15-12-24-55(3,4)5)52-36(30)27-37-31(14-7-2)26-33(53(37)45(52,46)47)18-19-39(57)51-35(29-72(66,67)68)44(62)49-22-10-8-16-38(56)50-34(28-69-71(63,64)65)43(61)48-23-11-9-17-42(60)70-54-40(58)20-21-41(54)59/h25-27,34-35H,6-24,28-29H2,1-5H3,(H6-,48,49,50,51,56,57,61,62,63,64,65,66,67,68)/p+1. The quantitative estimate of drug-likeness (QED) is 0.0139. The number of aryl methyl sites for hydroxylation is 2. The molecule has 2 atom stereocenters. The van der Waals surface area contributed by atoms with Crippen LogP contribution in [0.1, 0.15) is 121 Å². The van der Waals surface area contributed by atoms with E-state index in [0.29, 0.717) is 64.3 Å². The molecule has 23 nitrogen and oxygen atoms in total. The van der Waals surface area contributed by atoms with Crippen LogP contribution in [0.3, 0.4) is 0 Å². The number of hydrogen-bond acceptors (Lipinski definition) is 12. The summed E-state index contributed by atoms with van der Waals surface area (Å²) in [6.45, 7) is -0.845. The van der Waals surface area contributed by atoms with E-state index in [-0.39, 0.29) is 76.6 Å². The molecule has 7 N–H and O–H groups in total. The minimum Gasteiger partial charge on any atom is -0.394 e. The number of aromatic nitrogens is 1. The second-order valence-corrected chi connectivity index (χ2v) is 21.7. The molecule has 0 spiro atoms. The smallest absolute Gasteiger partial charge is 0.394 e. The van der Waals surface area contributed by atoms with E-state index in [1.807, 2.05) is 41.1 Å². The van der Waals surface area contributed by atoms with E-state index in [4.69, 9.17) is 14.6 Å². The maximum absolute atomic E-state index is 17.0. The molecule has 0 aromatic carbocycles. The third-order valence-corrected chi connectivity index (χ3v) is 13.0. The number of phosphoric ester groups is 1. The van der Waals surface area contributed by atoms with E-state index >= 15 is 8.63 Å². The Kier molecular flexibility index (Phi) is 21.6. The molecule has 1 aromatic rings. The van der Waals surface area contributed by atoms with Crippen LogP contribution in [0.2, 0.25) is 0 Å². The number of rotatable bonds is 31. The van der Waals surface area contributed by atoms with Crippen LogP contribution >= 0.6 is 7.82 Å². The largest absolute Gasteiger partial charge is 0.737 e. The van der Waals surface area contributed by atoms with Crippen LogP contribution < -0.4 is 21.3 Å². The van der Waals surface area contributed by atoms with Crippen molar-refractivity contribution in [2.45, 2.75) is 129 Å². The number of amides is 6. The van der Waals surface area contributed by atoms with Gasteiger partial charge in [-0.1, -0.05) is 26.7 Å². The lowest BCUT2D eigenvalue weighted by Crippen LogP contribution is -2.52. The fraction of sp³-hybridized carbons (Fsp3) is 0.636. The van der Waals surface area contributed by atoms with Gasteiger partial charge in [0.1, 0.15) is 23.5 Å². The Morgan fingerprint density at radius 3 is 2.00 bits per heavy atom. The van der Waals surface area contributed by atoms with Gasteiger partial charge in [0, 0.05) is 81.5 Å². The number of nitrogens with one attached hydrogen (secondary N) is 4. The Hall–Kier alpha value is -5.18. The van der Waals surface area contributed by atoms with E-state index in [9.17, 15) is 51.1 Å². The van der Waals surface area contributed by atoms with E-state index < -0.39 is 97.2 Å². The number of phosphoric acid groups is 1. The lowest BCUT2D eigenvalue weighted by molar-refractivity contribution is -0.870. The van der Waals surface area contributed by atoms with Crippen LogP contribution in [-0.2, 0) is 70.4 Å². The highest BCUT2D eigenvalue weighted by Gasteiger charge is 2.54. The number of unbranched alkanes of at least 4 members (excludes halogenated alkanes) is 2. The number of fused-ring (bicyclic) bond motifs is 2. The number of hydrogen-bond donors (Lipinski definition) is 7. The maximum atomic E-state index is 17.0. The molecule has 2 unspecified atom stereocenters. The summed E-state index contributed by atoms with van der Waals surface area (Å²) in [4.78, 5) is 110. The van der Waals surface area contributed by atoms with Crippen molar-refractivity contribution in [3.05, 3.63) is 40.4 Å². The minimum absolute atomic E-state index is 0.0595. The van der Waals surface area contributed by atoms with Crippen molar-refractivity contribution in [1.29, 1.82) is 0 Å². The van der Waals surface area contributed by atoms with Gasteiger partial charge in [0.15, 0.2) is 5.70 Å². The highest BCUT2D eigenvalue weighted by atomic mass is 32.2. The van der Waals surface area contributed by atoms with Gasteiger partial charge in [-0.2, -0.15) is 8.42 Å². The first-order valence-corrected chi connectivity index (χ1v) is 27.3. The number of carbonyl (C=O) groups excluding carboxylic acids is 7. The van der Waals surface area contributed by atoms with Crippen molar-refractivity contribution in [3.63, 3.8) is 0 Å². The molecule has 4 heterocycles. The van der Waals surface area contributed by atoms with Crippen molar-refractivity contribution in [3.8, 4) is 0 Å². The van der Waals surface area contributed by atoms with E-state index in [0.717, 1.165) is 27.5 Å². The molecule has 4 rings (SSSR count). The summed E-state index contributed by atoms with van der Waals surface area (Å²) in [6, 6.07) is -1.48. The molecule has 28 heteroatoms. The van der Waals surface area contributed by atoms with Crippen LogP contribution in [0.5, 0.6) is 0 Å². The number of allylic oxidation sites excluding steroid dienone is 2. The van der Waals surface area contributed by atoms with Gasteiger partial charge in [0.25, 0.3) is 21.9 Å². The number of carbonyl (C=O) groups is 7. The van der Waals surface area contributed by atoms with Crippen molar-refractivity contribution in [1.82, 2.24) is 30.8 Å². The van der Waals surface area contributed by atoms with Crippen molar-refractivity contribution >= 4 is 78.1 Å². The van der Waals surface area contributed by atoms with Crippen molar-refractivity contribution in [2.24, 2.45) is 0 Å². The summed E-state index contributed by atoms with van der Waals surface area (Å²) in [5.41, 5.74) is 3.08. The Morgan fingerprint density at radius 2 is 1.42 bits per heavy atom. The van der Waals surface area contributed by atoms with Crippen LogP contribution in [0.4, 0.5) is 8.63 Å². The van der Waals surface area contributed by atoms with Crippen LogP contribution in [0.25, 0.3) is 6.08 Å². The topological polar surface area (TPSA) is 309 Å². The zero-order valence-corrected chi connectivity index (χ0v) is 43.2. The van der Waals surface area contributed by atoms with E-state index in [1.54, 1.807) is 12.2 Å². The molecular formula is C44H69BF2N8O15PS+. The summed E-state index contributed by atoms with van der Waals surface area (Å²) < 4.78 is 86.2. The number of nitrogens with zero attached hydrogens (tertiary/aromatic N) is 4. The Morgan fingerprint density at radius 1 is 0.833 bits per heavy atom. The normalized spacial score (nSPS) is 16.4. The first-order valence-electron chi connectivity index (χ1n) is 24.1. The maximum Gasteiger partial charge on any atom is 0.737 e. The molecule has 72 heavy (non-hydrogen) atoms. The second kappa shape index (κ2) is 26.2. The third kappa shape index (κ3) is 18.1. The number of hydroxylamine groups is 2. The van der Waals surface area contributed by atoms with Gasteiger partial charge in [-0.15, -0.1) is 5.06 Å². The summed E-state index contributed by atoms with van der Waals surface area (Å²) >= 11 is 0. The van der Waals surface area contributed by atoms with E-state index in [2.05, 4.69) is 25.8 Å². The molecule has 3 aliphatic heterocycles. The van der Waals surface area contributed by atoms with Gasteiger partial charge in [-0.25, -0.2) is 9.36 Å². The zero-order chi connectivity index (χ0) is 53.6. The van der Waals surface area contributed by atoms with Gasteiger partial charge in [-0.3, -0.25) is 37.8 Å².